The summed E-state index contributed by atoms with van der Waals surface area (Å²) in [4.78, 5) is 0. The van der Waals surface area contributed by atoms with E-state index >= 15 is 0 Å². The van der Waals surface area contributed by atoms with Crippen LogP contribution < -0.4 is 16.4 Å². The van der Waals surface area contributed by atoms with Gasteiger partial charge in [0, 0.05) is 0 Å². The lowest BCUT2D eigenvalue weighted by Crippen LogP contribution is -2.61. The molecule has 0 spiro atoms. The summed E-state index contributed by atoms with van der Waals surface area (Å²) in [6.07, 6.45) is 2.08. The highest BCUT2D eigenvalue weighted by Crippen LogP contribution is 2.32. The van der Waals surface area contributed by atoms with Crippen LogP contribution in [0.2, 0.25) is 0 Å². The van der Waals surface area contributed by atoms with Gasteiger partial charge in [-0.1, -0.05) is 101 Å². The van der Waals surface area contributed by atoms with Gasteiger partial charge in [-0.3, -0.25) is 0 Å². The van der Waals surface area contributed by atoms with Crippen molar-refractivity contribution in [2.24, 2.45) is 0 Å². The van der Waals surface area contributed by atoms with Crippen molar-refractivity contribution < 1.29 is 0 Å². The molecular formula is C27H21B. The molecule has 0 N–H and O–H groups in total. The Kier molecular flexibility index (Phi) is 3.40. The van der Waals surface area contributed by atoms with E-state index in [2.05, 4.69) is 91.9 Å². The van der Waals surface area contributed by atoms with Gasteiger partial charge < -0.3 is 0 Å². The van der Waals surface area contributed by atoms with E-state index in [0.717, 1.165) is 12.8 Å². The smallest absolute Gasteiger partial charge is 0.0667 e. The molecule has 1 heteroatoms. The van der Waals surface area contributed by atoms with Crippen LogP contribution in [0.1, 0.15) is 27.8 Å². The largest absolute Gasteiger partial charge is 0.242 e. The molecule has 4 aromatic carbocycles. The van der Waals surface area contributed by atoms with Crippen LogP contribution in [0.3, 0.4) is 0 Å². The van der Waals surface area contributed by atoms with Crippen molar-refractivity contribution in [3.05, 3.63) is 113 Å². The van der Waals surface area contributed by atoms with Gasteiger partial charge >= 0.3 is 0 Å². The predicted octanol–water partition coefficient (Wildman–Crippen LogP) is 3.99. The molecule has 4 aromatic rings. The van der Waals surface area contributed by atoms with Gasteiger partial charge in [-0.25, -0.2) is 0 Å². The minimum absolute atomic E-state index is 0.365. The van der Waals surface area contributed by atoms with Crippen molar-refractivity contribution in [2.75, 3.05) is 0 Å². The molecule has 0 bridgehead atoms. The zero-order valence-corrected chi connectivity index (χ0v) is 16.1. The molecule has 0 saturated carbocycles. The topological polar surface area (TPSA) is 0 Å². The zero-order valence-electron chi connectivity index (χ0n) is 16.1. The molecule has 0 atom stereocenters. The Labute approximate surface area is 167 Å². The van der Waals surface area contributed by atoms with Crippen LogP contribution >= 0.6 is 0 Å². The highest BCUT2D eigenvalue weighted by molar-refractivity contribution is 6.97. The maximum Gasteiger partial charge on any atom is 0.242 e. The van der Waals surface area contributed by atoms with Crippen LogP contribution in [0.25, 0.3) is 11.1 Å². The SMILES string of the molecule is Cc1ccccc1-c1ccc2c3c1Cc1ccccc1B3c1ccccc1C2. The number of aryl methyl sites for hydroxylation is 1. The van der Waals surface area contributed by atoms with Gasteiger partial charge in [0.2, 0.25) is 6.71 Å². The van der Waals surface area contributed by atoms with Crippen LogP contribution in [0.15, 0.2) is 84.9 Å². The molecule has 2 aliphatic heterocycles. The third kappa shape index (κ3) is 2.20. The molecule has 2 aliphatic rings. The Hall–Kier alpha value is -3.06. The van der Waals surface area contributed by atoms with E-state index in [1.54, 1.807) is 5.46 Å². The molecule has 0 unspecified atom stereocenters. The molecule has 6 rings (SSSR count). The molecule has 2 heterocycles. The minimum atomic E-state index is 0.365. The Bertz CT molecular complexity index is 1220. The molecule has 132 valence electrons. The summed E-state index contributed by atoms with van der Waals surface area (Å²) in [6, 6.07) is 31.7. The summed E-state index contributed by atoms with van der Waals surface area (Å²) in [5, 5.41) is 0. The number of hydrogen-bond donors (Lipinski definition) is 0. The molecule has 0 aromatic heterocycles. The molecule has 0 radical (unpaired) electrons. The first-order valence-corrected chi connectivity index (χ1v) is 10.2. The summed E-state index contributed by atoms with van der Waals surface area (Å²) in [5.74, 6) is 0. The predicted molar refractivity (Wildman–Crippen MR) is 120 cm³/mol. The lowest BCUT2D eigenvalue weighted by molar-refractivity contribution is 1.15. The second-order valence-electron chi connectivity index (χ2n) is 8.16. The van der Waals surface area contributed by atoms with Crippen LogP contribution in [0.4, 0.5) is 0 Å². The lowest BCUT2D eigenvalue weighted by atomic mass is 9.30. The van der Waals surface area contributed by atoms with Crippen LogP contribution in [0, 0.1) is 6.92 Å². The Morgan fingerprint density at radius 2 is 1.21 bits per heavy atom. The van der Waals surface area contributed by atoms with E-state index < -0.39 is 0 Å². The van der Waals surface area contributed by atoms with Crippen molar-refractivity contribution in [3.63, 3.8) is 0 Å². The molecule has 0 saturated heterocycles. The van der Waals surface area contributed by atoms with Crippen LogP contribution in [0.5, 0.6) is 0 Å². The van der Waals surface area contributed by atoms with E-state index in [0.29, 0.717) is 6.71 Å². The number of benzene rings is 4. The van der Waals surface area contributed by atoms with Crippen LogP contribution in [-0.4, -0.2) is 6.71 Å². The van der Waals surface area contributed by atoms with Crippen molar-refractivity contribution in [3.8, 4) is 11.1 Å². The molecule has 0 nitrogen and oxygen atoms in total. The van der Waals surface area contributed by atoms with Gasteiger partial charge in [0.15, 0.2) is 0 Å². The van der Waals surface area contributed by atoms with E-state index in [1.165, 1.54) is 49.9 Å². The first-order chi connectivity index (χ1) is 13.8. The quantitative estimate of drug-likeness (QED) is 0.391. The first-order valence-electron chi connectivity index (χ1n) is 10.2. The monoisotopic (exact) mass is 356 g/mol. The molecule has 0 amide bonds. The highest BCUT2D eigenvalue weighted by atomic mass is 14.3. The number of rotatable bonds is 1. The summed E-state index contributed by atoms with van der Waals surface area (Å²) in [7, 11) is 0. The third-order valence-electron chi connectivity index (χ3n) is 6.65. The van der Waals surface area contributed by atoms with Crippen molar-refractivity contribution >= 4 is 23.1 Å². The van der Waals surface area contributed by atoms with E-state index in [1.807, 2.05) is 0 Å². The standard InChI is InChI=1S/C27H21B/c1-18-8-2-5-11-22(18)23-15-14-21-16-19-9-3-6-12-25(19)28-26-13-7-4-10-20(26)17-24(23)27(21)28/h2-15H,16-17H2,1H3. The lowest BCUT2D eigenvalue weighted by Gasteiger charge is -2.35. The highest BCUT2D eigenvalue weighted by Gasteiger charge is 2.37. The second-order valence-corrected chi connectivity index (χ2v) is 8.16. The summed E-state index contributed by atoms with van der Waals surface area (Å²) >= 11 is 0. The van der Waals surface area contributed by atoms with Crippen LogP contribution in [-0.2, 0) is 12.8 Å². The summed E-state index contributed by atoms with van der Waals surface area (Å²) in [5.41, 5.74) is 14.7. The van der Waals surface area contributed by atoms with Gasteiger partial charge in [0.05, 0.1) is 0 Å². The normalized spacial score (nSPS) is 13.5. The number of hydrogen-bond acceptors (Lipinski definition) is 0. The Morgan fingerprint density at radius 3 is 1.96 bits per heavy atom. The van der Waals surface area contributed by atoms with Crippen molar-refractivity contribution in [1.29, 1.82) is 0 Å². The maximum absolute atomic E-state index is 2.39. The van der Waals surface area contributed by atoms with Gasteiger partial charge in [0.25, 0.3) is 0 Å². The first kappa shape index (κ1) is 16.0. The molecule has 0 aliphatic carbocycles. The Morgan fingerprint density at radius 1 is 0.571 bits per heavy atom. The fourth-order valence-electron chi connectivity index (χ4n) is 5.37. The molecule has 28 heavy (non-hydrogen) atoms. The fourth-order valence-corrected chi connectivity index (χ4v) is 5.37. The van der Waals surface area contributed by atoms with Crippen molar-refractivity contribution in [2.45, 2.75) is 19.8 Å². The van der Waals surface area contributed by atoms with Crippen molar-refractivity contribution in [1.82, 2.24) is 0 Å². The minimum Gasteiger partial charge on any atom is -0.0667 e. The van der Waals surface area contributed by atoms with Gasteiger partial charge in [-0.2, -0.15) is 0 Å². The second kappa shape index (κ2) is 5.97. The fraction of sp³-hybridized carbons (Fsp3) is 0.111. The third-order valence-corrected chi connectivity index (χ3v) is 6.65. The maximum atomic E-state index is 2.39. The van der Waals surface area contributed by atoms with Gasteiger partial charge in [-0.15, -0.1) is 0 Å². The van der Waals surface area contributed by atoms with E-state index in [9.17, 15) is 0 Å². The molecular weight excluding hydrogens is 335 g/mol. The Balaban J connectivity index is 1.68. The zero-order chi connectivity index (χ0) is 18.7. The average molecular weight is 356 g/mol. The molecule has 0 fully saturated rings. The summed E-state index contributed by atoms with van der Waals surface area (Å²) in [6.45, 7) is 2.59. The van der Waals surface area contributed by atoms with Gasteiger partial charge in [-0.05, 0) is 58.7 Å². The average Bonchev–Trinajstić information content (AvgIpc) is 2.74. The number of fused-ring (bicyclic) bond motifs is 4. The van der Waals surface area contributed by atoms with Gasteiger partial charge in [0.1, 0.15) is 0 Å². The summed E-state index contributed by atoms with van der Waals surface area (Å²) < 4.78 is 0. The van der Waals surface area contributed by atoms with E-state index in [-0.39, 0.29) is 0 Å². The van der Waals surface area contributed by atoms with E-state index in [4.69, 9.17) is 0 Å².